The van der Waals surface area contributed by atoms with Crippen LogP contribution in [0, 0.1) is 5.41 Å². The van der Waals surface area contributed by atoms with Crippen LogP contribution in [0.25, 0.3) is 0 Å². The summed E-state index contributed by atoms with van der Waals surface area (Å²) in [5.41, 5.74) is -0.128. The fraction of sp³-hybridized carbons (Fsp3) is 1.00. The van der Waals surface area contributed by atoms with E-state index in [0.717, 1.165) is 0 Å². The Bertz CT molecular complexity index is 271. The SMILES string of the molecule is CC(C)(C)CC(COCCOCCO)OP(=O)(O)O. The smallest absolute Gasteiger partial charge is 0.394 e. The number of aliphatic hydroxyl groups is 1. The molecular weight excluding hydrogens is 275 g/mol. The van der Waals surface area contributed by atoms with E-state index in [9.17, 15) is 4.57 Å². The van der Waals surface area contributed by atoms with Crippen LogP contribution in [0.2, 0.25) is 0 Å². The molecule has 0 heterocycles. The highest BCUT2D eigenvalue weighted by Gasteiger charge is 2.26. The van der Waals surface area contributed by atoms with Crippen LogP contribution in [0.3, 0.4) is 0 Å². The Morgan fingerprint density at radius 3 is 2.16 bits per heavy atom. The van der Waals surface area contributed by atoms with Gasteiger partial charge in [0, 0.05) is 0 Å². The lowest BCUT2D eigenvalue weighted by Crippen LogP contribution is -2.26. The molecule has 0 aromatic rings. The average Bonchev–Trinajstić information content (AvgIpc) is 2.18. The van der Waals surface area contributed by atoms with Crippen LogP contribution >= 0.6 is 7.82 Å². The van der Waals surface area contributed by atoms with Gasteiger partial charge in [0.15, 0.2) is 0 Å². The highest BCUT2D eigenvalue weighted by molar-refractivity contribution is 7.46. The van der Waals surface area contributed by atoms with Gasteiger partial charge in [-0.25, -0.2) is 4.57 Å². The van der Waals surface area contributed by atoms with Gasteiger partial charge in [0.2, 0.25) is 0 Å². The second-order valence-corrected chi connectivity index (χ2v) is 6.59. The van der Waals surface area contributed by atoms with E-state index >= 15 is 0 Å². The summed E-state index contributed by atoms with van der Waals surface area (Å²) >= 11 is 0. The standard InChI is InChI=1S/C11H25O7P/c1-11(2,3)8-10(18-19(13,14)15)9-17-7-6-16-5-4-12/h10,12H,4-9H2,1-3H3,(H2,13,14,15). The molecule has 7 nitrogen and oxygen atoms in total. The Morgan fingerprint density at radius 1 is 1.11 bits per heavy atom. The van der Waals surface area contributed by atoms with Gasteiger partial charge < -0.3 is 24.4 Å². The van der Waals surface area contributed by atoms with E-state index in [-0.39, 0.29) is 31.8 Å². The van der Waals surface area contributed by atoms with Crippen molar-refractivity contribution in [3.8, 4) is 0 Å². The molecule has 0 radical (unpaired) electrons. The van der Waals surface area contributed by atoms with Gasteiger partial charge in [-0.1, -0.05) is 20.8 Å². The molecule has 3 N–H and O–H groups in total. The van der Waals surface area contributed by atoms with Crippen LogP contribution in [0.4, 0.5) is 0 Å². The second kappa shape index (κ2) is 9.02. The van der Waals surface area contributed by atoms with Crippen molar-refractivity contribution in [2.45, 2.75) is 33.3 Å². The van der Waals surface area contributed by atoms with Gasteiger partial charge in [-0.05, 0) is 11.8 Å². The van der Waals surface area contributed by atoms with E-state index < -0.39 is 13.9 Å². The van der Waals surface area contributed by atoms with Crippen LogP contribution in [0.5, 0.6) is 0 Å². The van der Waals surface area contributed by atoms with Gasteiger partial charge in [-0.3, -0.25) is 4.52 Å². The number of aliphatic hydroxyl groups excluding tert-OH is 1. The van der Waals surface area contributed by atoms with Crippen molar-refractivity contribution in [1.29, 1.82) is 0 Å². The quantitative estimate of drug-likeness (QED) is 0.407. The summed E-state index contributed by atoms with van der Waals surface area (Å²) in [4.78, 5) is 17.7. The summed E-state index contributed by atoms with van der Waals surface area (Å²) in [6.07, 6.45) is -0.200. The fourth-order valence-electron chi connectivity index (χ4n) is 1.50. The summed E-state index contributed by atoms with van der Waals surface area (Å²) in [7, 11) is -4.52. The molecule has 0 rings (SSSR count). The third-order valence-corrected chi connectivity index (χ3v) is 2.61. The molecule has 0 amide bonds. The molecule has 1 atom stereocenters. The molecule has 1 unspecified atom stereocenters. The van der Waals surface area contributed by atoms with Crippen molar-refractivity contribution >= 4 is 7.82 Å². The first kappa shape index (κ1) is 19.0. The number of hydrogen-bond donors (Lipinski definition) is 3. The predicted molar refractivity (Wildman–Crippen MR) is 69.7 cm³/mol. The minimum atomic E-state index is -4.52. The van der Waals surface area contributed by atoms with Crippen LogP contribution in [-0.4, -0.2) is 54.0 Å². The molecule has 0 aromatic heterocycles. The number of rotatable bonds is 10. The summed E-state index contributed by atoms with van der Waals surface area (Å²) in [6, 6.07) is 0. The molecule has 0 aliphatic rings. The van der Waals surface area contributed by atoms with Crippen LogP contribution < -0.4 is 0 Å². The van der Waals surface area contributed by atoms with Crippen molar-refractivity contribution in [1.82, 2.24) is 0 Å². The van der Waals surface area contributed by atoms with E-state index in [2.05, 4.69) is 0 Å². The molecule has 0 saturated carbocycles. The number of hydrogen-bond acceptors (Lipinski definition) is 5. The first-order chi connectivity index (χ1) is 8.64. The maximum Gasteiger partial charge on any atom is 0.469 e. The van der Waals surface area contributed by atoms with Gasteiger partial charge >= 0.3 is 7.82 Å². The van der Waals surface area contributed by atoms with Gasteiger partial charge in [0.05, 0.1) is 39.1 Å². The molecule has 19 heavy (non-hydrogen) atoms. The van der Waals surface area contributed by atoms with Crippen LogP contribution in [-0.2, 0) is 18.6 Å². The lowest BCUT2D eigenvalue weighted by molar-refractivity contribution is -0.0124. The average molecular weight is 300 g/mol. The zero-order chi connectivity index (χ0) is 14.9. The highest BCUT2D eigenvalue weighted by Crippen LogP contribution is 2.40. The van der Waals surface area contributed by atoms with Gasteiger partial charge in [0.1, 0.15) is 0 Å². The van der Waals surface area contributed by atoms with Crippen molar-refractivity contribution in [2.75, 3.05) is 33.0 Å². The Kier molecular flexibility index (Phi) is 9.02. The molecular formula is C11H25O7P. The van der Waals surface area contributed by atoms with Crippen molar-refractivity contribution in [3.63, 3.8) is 0 Å². The molecule has 0 fully saturated rings. The molecule has 0 spiro atoms. The van der Waals surface area contributed by atoms with Crippen LogP contribution in [0.1, 0.15) is 27.2 Å². The van der Waals surface area contributed by atoms with E-state index in [0.29, 0.717) is 13.0 Å². The van der Waals surface area contributed by atoms with Crippen molar-refractivity contribution < 1.29 is 33.5 Å². The van der Waals surface area contributed by atoms with E-state index in [1.165, 1.54) is 0 Å². The summed E-state index contributed by atoms with van der Waals surface area (Å²) in [6.45, 7) is 6.74. The molecule has 0 saturated heterocycles. The molecule has 0 aliphatic carbocycles. The number of phosphoric acid groups is 1. The summed E-state index contributed by atoms with van der Waals surface area (Å²) < 4.78 is 25.8. The minimum absolute atomic E-state index is 0.0477. The molecule has 0 aliphatic heterocycles. The minimum Gasteiger partial charge on any atom is -0.394 e. The van der Waals surface area contributed by atoms with Gasteiger partial charge in [-0.15, -0.1) is 0 Å². The monoisotopic (exact) mass is 300 g/mol. The highest BCUT2D eigenvalue weighted by atomic mass is 31.2. The molecule has 0 bridgehead atoms. The number of phosphoric ester groups is 1. The van der Waals surface area contributed by atoms with Gasteiger partial charge in [0.25, 0.3) is 0 Å². The third kappa shape index (κ3) is 14.2. The van der Waals surface area contributed by atoms with Gasteiger partial charge in [-0.2, -0.15) is 0 Å². The van der Waals surface area contributed by atoms with Crippen molar-refractivity contribution in [2.24, 2.45) is 5.41 Å². The Hall–Kier alpha value is -0.0100. The van der Waals surface area contributed by atoms with E-state index in [1.807, 2.05) is 20.8 Å². The zero-order valence-corrected chi connectivity index (χ0v) is 12.6. The van der Waals surface area contributed by atoms with Crippen LogP contribution in [0.15, 0.2) is 0 Å². The normalized spacial score (nSPS) is 14.6. The van der Waals surface area contributed by atoms with Crippen molar-refractivity contribution in [3.05, 3.63) is 0 Å². The lowest BCUT2D eigenvalue weighted by atomic mass is 9.89. The van der Waals surface area contributed by atoms with E-state index in [1.54, 1.807) is 0 Å². The first-order valence-corrected chi connectivity index (χ1v) is 7.67. The molecule has 8 heteroatoms. The Labute approximate surface area is 114 Å². The molecule has 116 valence electrons. The number of ether oxygens (including phenoxy) is 2. The third-order valence-electron chi connectivity index (χ3n) is 2.04. The maximum absolute atomic E-state index is 10.9. The topological polar surface area (TPSA) is 105 Å². The summed E-state index contributed by atoms with van der Waals surface area (Å²) in [5.74, 6) is 0. The Morgan fingerprint density at radius 2 is 1.68 bits per heavy atom. The van der Waals surface area contributed by atoms with E-state index in [4.69, 9.17) is 28.9 Å². The Balaban J connectivity index is 4.02. The zero-order valence-electron chi connectivity index (χ0n) is 11.7. The fourth-order valence-corrected chi connectivity index (χ4v) is 2.03. The molecule has 0 aromatic carbocycles. The predicted octanol–water partition coefficient (Wildman–Crippen LogP) is 0.926. The second-order valence-electron chi connectivity index (χ2n) is 5.39. The summed E-state index contributed by atoms with van der Waals surface area (Å²) in [5, 5.41) is 8.49. The lowest BCUT2D eigenvalue weighted by Gasteiger charge is -2.26. The maximum atomic E-state index is 10.9. The first-order valence-electron chi connectivity index (χ1n) is 6.14. The largest absolute Gasteiger partial charge is 0.469 e.